The molecule has 8 heteroatoms. The van der Waals surface area contributed by atoms with Gasteiger partial charge in [0, 0.05) is 25.0 Å². The molecular weight excluding hydrogens is 482 g/mol. The number of hydrogen-bond donors (Lipinski definition) is 2. The summed E-state index contributed by atoms with van der Waals surface area (Å²) in [7, 11) is 0. The third-order valence-electron chi connectivity index (χ3n) is 8.83. The number of anilines is 1. The van der Waals surface area contributed by atoms with Crippen molar-refractivity contribution in [3.05, 3.63) is 51.1 Å². The van der Waals surface area contributed by atoms with Crippen LogP contribution in [0.15, 0.2) is 40.0 Å². The predicted octanol–water partition coefficient (Wildman–Crippen LogP) is 4.08. The molecule has 2 aromatic heterocycles. The third-order valence-corrected chi connectivity index (χ3v) is 9.59. The Hall–Kier alpha value is -2.22. The predicted molar refractivity (Wildman–Crippen MR) is 131 cm³/mol. The first kappa shape index (κ1) is 22.6. The minimum Gasteiger partial charge on any atom is -0.380 e. The van der Waals surface area contributed by atoms with Crippen LogP contribution >= 0.6 is 15.9 Å². The van der Waals surface area contributed by atoms with Crippen molar-refractivity contribution in [2.75, 3.05) is 5.32 Å². The Labute approximate surface area is 202 Å². The molecule has 4 atom stereocenters. The lowest BCUT2D eigenvalue weighted by molar-refractivity contribution is -0.135. The molecule has 6 rings (SSSR count). The third kappa shape index (κ3) is 3.61. The molecule has 2 heterocycles. The van der Waals surface area contributed by atoms with Crippen LogP contribution in [-0.2, 0) is 16.9 Å². The number of pyridine rings is 1. The maximum Gasteiger partial charge on any atom is 0.284 e. The molecule has 0 aromatic carbocycles. The summed E-state index contributed by atoms with van der Waals surface area (Å²) in [4.78, 5) is 30.5. The number of nitrogens with one attached hydrogen (secondary N) is 2. The number of amides is 1. The molecule has 2 aromatic rings. The number of hydrogen-bond acceptors (Lipinski definition) is 5. The zero-order valence-corrected chi connectivity index (χ0v) is 21.1. The molecule has 0 saturated heterocycles. The van der Waals surface area contributed by atoms with E-state index in [4.69, 9.17) is 0 Å². The van der Waals surface area contributed by atoms with Gasteiger partial charge in [0.05, 0.1) is 11.9 Å². The molecule has 2 bridgehead atoms. The second-order valence-electron chi connectivity index (χ2n) is 10.7. The van der Waals surface area contributed by atoms with Crippen molar-refractivity contribution in [3.63, 3.8) is 0 Å². The van der Waals surface area contributed by atoms with E-state index in [-0.39, 0.29) is 11.5 Å². The first-order chi connectivity index (χ1) is 15.7. The summed E-state index contributed by atoms with van der Waals surface area (Å²) < 4.78 is 1.84. The van der Waals surface area contributed by atoms with Crippen molar-refractivity contribution in [1.82, 2.24) is 20.1 Å². The average Bonchev–Trinajstić information content (AvgIpc) is 2.77. The first-order valence-corrected chi connectivity index (χ1v) is 12.8. The van der Waals surface area contributed by atoms with Gasteiger partial charge in [0.2, 0.25) is 5.91 Å². The molecule has 0 radical (unpaired) electrons. The van der Waals surface area contributed by atoms with Crippen molar-refractivity contribution < 1.29 is 4.79 Å². The summed E-state index contributed by atoms with van der Waals surface area (Å²) in [5.74, 6) is 1.82. The number of carbonyl (C=O) groups excluding carboxylic acids is 1. The molecular formula is C25H32BrN5O2. The SMILES string of the molecule is C[C@@H]1[C@H]2C[C@@H](C[C@H]1Nc1cnn(C3(C(=O)NCc4ccncc4)CCC3)c(=O)c1Br)C2(C)C. The molecule has 0 aliphatic heterocycles. The van der Waals surface area contributed by atoms with E-state index < -0.39 is 5.54 Å². The standard InChI is InChI=1S/C25H32BrN5O2/c1-15-18-11-17(24(18,2)3)12-19(15)30-20-14-29-31(22(32)21(20)26)25(7-4-8-25)23(33)28-13-16-5-9-27-10-6-16/h5-6,9-10,14-15,17-19,30H,4,7-8,11-13H2,1-3H3,(H,28,33)/t15-,17+,18-,19-/m1/s1. The highest BCUT2D eigenvalue weighted by Crippen LogP contribution is 2.61. The fraction of sp³-hybridized carbons (Fsp3) is 0.600. The summed E-state index contributed by atoms with van der Waals surface area (Å²) in [5.41, 5.74) is 0.925. The van der Waals surface area contributed by atoms with Crippen molar-refractivity contribution in [2.24, 2.45) is 23.2 Å². The minimum absolute atomic E-state index is 0.156. The number of halogens is 1. The minimum atomic E-state index is -0.922. The normalized spacial score (nSPS) is 28.8. The van der Waals surface area contributed by atoms with Gasteiger partial charge in [-0.1, -0.05) is 20.8 Å². The van der Waals surface area contributed by atoms with E-state index in [0.29, 0.717) is 47.2 Å². The zero-order valence-electron chi connectivity index (χ0n) is 19.5. The monoisotopic (exact) mass is 513 g/mol. The first-order valence-electron chi connectivity index (χ1n) is 12.0. The molecule has 7 nitrogen and oxygen atoms in total. The maximum absolute atomic E-state index is 13.3. The maximum atomic E-state index is 13.3. The van der Waals surface area contributed by atoms with Crippen molar-refractivity contribution in [1.29, 1.82) is 0 Å². The van der Waals surface area contributed by atoms with Crippen molar-refractivity contribution in [3.8, 4) is 0 Å². The highest BCUT2D eigenvalue weighted by atomic mass is 79.9. The Morgan fingerprint density at radius 1 is 1.24 bits per heavy atom. The van der Waals surface area contributed by atoms with Gasteiger partial charge in [-0.3, -0.25) is 14.6 Å². The highest BCUT2D eigenvalue weighted by molar-refractivity contribution is 9.10. The number of nitrogens with zero attached hydrogens (tertiary/aromatic N) is 3. The molecule has 4 saturated carbocycles. The van der Waals surface area contributed by atoms with E-state index in [0.717, 1.165) is 30.0 Å². The molecule has 0 spiro atoms. The lowest BCUT2D eigenvalue weighted by atomic mass is 9.45. The molecule has 4 fully saturated rings. The van der Waals surface area contributed by atoms with Gasteiger partial charge in [0.1, 0.15) is 10.0 Å². The van der Waals surface area contributed by atoms with Crippen LogP contribution < -0.4 is 16.2 Å². The Balaban J connectivity index is 1.33. The van der Waals surface area contributed by atoms with Crippen LogP contribution in [0.3, 0.4) is 0 Å². The summed E-state index contributed by atoms with van der Waals surface area (Å²) in [5, 5.41) is 11.1. The van der Waals surface area contributed by atoms with Crippen LogP contribution in [0.5, 0.6) is 0 Å². The largest absolute Gasteiger partial charge is 0.380 e. The fourth-order valence-corrected chi connectivity index (χ4v) is 6.66. The molecule has 1 amide bonds. The molecule has 176 valence electrons. The van der Waals surface area contributed by atoms with Crippen LogP contribution in [0, 0.1) is 23.2 Å². The van der Waals surface area contributed by atoms with Gasteiger partial charge in [-0.15, -0.1) is 0 Å². The van der Waals surface area contributed by atoms with E-state index in [2.05, 4.69) is 57.4 Å². The van der Waals surface area contributed by atoms with Crippen LogP contribution in [0.1, 0.15) is 58.4 Å². The van der Waals surface area contributed by atoms with Crippen molar-refractivity contribution >= 4 is 27.5 Å². The summed E-state index contributed by atoms with van der Waals surface area (Å²) >= 11 is 3.52. The van der Waals surface area contributed by atoms with Gasteiger partial charge in [0.25, 0.3) is 5.56 Å². The van der Waals surface area contributed by atoms with Gasteiger partial charge < -0.3 is 10.6 Å². The zero-order chi connectivity index (χ0) is 23.4. The number of carbonyl (C=O) groups is 1. The average molecular weight is 514 g/mol. The lowest BCUT2D eigenvalue weighted by Crippen LogP contribution is -2.58. The quantitative estimate of drug-likeness (QED) is 0.607. The molecule has 4 aliphatic rings. The van der Waals surface area contributed by atoms with Gasteiger partial charge >= 0.3 is 0 Å². The number of fused-ring (bicyclic) bond motifs is 2. The van der Waals surface area contributed by atoms with Gasteiger partial charge in [0.15, 0.2) is 0 Å². The Kier molecular flexibility index (Phi) is 5.62. The van der Waals surface area contributed by atoms with Crippen LogP contribution in [-0.4, -0.2) is 26.7 Å². The second kappa shape index (κ2) is 8.22. The molecule has 33 heavy (non-hydrogen) atoms. The Bertz CT molecular complexity index is 1110. The fourth-order valence-electron chi connectivity index (χ4n) is 6.27. The summed E-state index contributed by atoms with van der Waals surface area (Å²) in [6.45, 7) is 7.49. The number of aromatic nitrogens is 3. The Morgan fingerprint density at radius 3 is 2.58 bits per heavy atom. The highest BCUT2D eigenvalue weighted by Gasteiger charge is 2.56. The van der Waals surface area contributed by atoms with E-state index >= 15 is 0 Å². The topological polar surface area (TPSA) is 88.9 Å². The number of rotatable bonds is 6. The van der Waals surface area contributed by atoms with E-state index in [1.54, 1.807) is 18.6 Å². The molecule has 2 N–H and O–H groups in total. The van der Waals surface area contributed by atoms with E-state index in [9.17, 15) is 9.59 Å². The van der Waals surface area contributed by atoms with Gasteiger partial charge in [-0.25, -0.2) is 4.68 Å². The summed E-state index contributed by atoms with van der Waals surface area (Å²) in [6, 6.07) is 4.07. The van der Waals surface area contributed by atoms with E-state index in [1.807, 2.05) is 12.1 Å². The van der Waals surface area contributed by atoms with Crippen LogP contribution in [0.25, 0.3) is 0 Å². The van der Waals surface area contributed by atoms with Crippen LogP contribution in [0.2, 0.25) is 0 Å². The molecule has 0 unspecified atom stereocenters. The van der Waals surface area contributed by atoms with Crippen molar-refractivity contribution in [2.45, 2.75) is 71.0 Å². The van der Waals surface area contributed by atoms with Gasteiger partial charge in [-0.05, 0) is 88.9 Å². The van der Waals surface area contributed by atoms with Gasteiger partial charge in [-0.2, -0.15) is 5.10 Å². The smallest absolute Gasteiger partial charge is 0.284 e. The molecule has 4 aliphatic carbocycles. The second-order valence-corrected chi connectivity index (χ2v) is 11.5. The Morgan fingerprint density at radius 2 is 1.97 bits per heavy atom. The van der Waals surface area contributed by atoms with E-state index in [1.165, 1.54) is 11.1 Å². The lowest BCUT2D eigenvalue weighted by Gasteiger charge is -2.62. The summed E-state index contributed by atoms with van der Waals surface area (Å²) in [6.07, 6.45) is 9.65. The van der Waals surface area contributed by atoms with Crippen LogP contribution in [0.4, 0.5) is 5.69 Å².